The SMILES string of the molecule is CC(CC1CCCCC1)NCc1ccccc1CS(=O)(=O)N[C@H]1C[C@H](C(=O)O)C1. The Morgan fingerprint density at radius 1 is 1.14 bits per heavy atom. The number of hydrogen-bond donors (Lipinski definition) is 3. The van der Waals surface area contributed by atoms with Crippen LogP contribution in [0.1, 0.15) is 69.4 Å². The summed E-state index contributed by atoms with van der Waals surface area (Å²) in [5.74, 6) is -0.539. The van der Waals surface area contributed by atoms with Gasteiger partial charge in [-0.15, -0.1) is 0 Å². The van der Waals surface area contributed by atoms with Crippen LogP contribution in [0.5, 0.6) is 0 Å². The number of aliphatic carboxylic acids is 1. The van der Waals surface area contributed by atoms with E-state index in [0.29, 0.717) is 25.4 Å². The van der Waals surface area contributed by atoms with E-state index < -0.39 is 21.9 Å². The Hall–Kier alpha value is -1.44. The van der Waals surface area contributed by atoms with Crippen molar-refractivity contribution in [1.29, 1.82) is 0 Å². The number of carboxylic acid groups (broad SMARTS) is 1. The van der Waals surface area contributed by atoms with Crippen LogP contribution in [0.4, 0.5) is 0 Å². The summed E-state index contributed by atoms with van der Waals surface area (Å²) >= 11 is 0. The van der Waals surface area contributed by atoms with Crippen LogP contribution in [0.25, 0.3) is 0 Å². The minimum atomic E-state index is -3.50. The fourth-order valence-corrected chi connectivity index (χ4v) is 6.05. The topological polar surface area (TPSA) is 95.5 Å². The van der Waals surface area contributed by atoms with E-state index in [1.165, 1.54) is 38.5 Å². The van der Waals surface area contributed by atoms with Crippen LogP contribution < -0.4 is 10.0 Å². The van der Waals surface area contributed by atoms with Crippen LogP contribution in [0.2, 0.25) is 0 Å². The molecule has 2 aliphatic carbocycles. The average molecular weight is 423 g/mol. The minimum Gasteiger partial charge on any atom is -0.481 e. The van der Waals surface area contributed by atoms with Gasteiger partial charge >= 0.3 is 5.97 Å². The molecule has 1 aromatic carbocycles. The maximum Gasteiger partial charge on any atom is 0.306 e. The number of sulfonamides is 1. The second-order valence-corrected chi connectivity index (χ2v) is 10.6. The zero-order valence-electron chi connectivity index (χ0n) is 17.3. The van der Waals surface area contributed by atoms with Crippen LogP contribution in [0.15, 0.2) is 24.3 Å². The van der Waals surface area contributed by atoms with Gasteiger partial charge in [0.05, 0.1) is 11.7 Å². The van der Waals surface area contributed by atoms with Crippen molar-refractivity contribution in [3.05, 3.63) is 35.4 Å². The van der Waals surface area contributed by atoms with Crippen molar-refractivity contribution >= 4 is 16.0 Å². The van der Waals surface area contributed by atoms with Gasteiger partial charge in [0.25, 0.3) is 0 Å². The van der Waals surface area contributed by atoms with Gasteiger partial charge in [-0.1, -0.05) is 56.4 Å². The molecule has 0 bridgehead atoms. The molecule has 0 heterocycles. The van der Waals surface area contributed by atoms with Crippen LogP contribution in [-0.2, 0) is 27.1 Å². The molecule has 3 rings (SSSR count). The van der Waals surface area contributed by atoms with Gasteiger partial charge in [0.15, 0.2) is 0 Å². The molecule has 2 aliphatic rings. The Morgan fingerprint density at radius 2 is 1.79 bits per heavy atom. The average Bonchev–Trinajstić information content (AvgIpc) is 2.64. The predicted octanol–water partition coefficient (Wildman–Crippen LogP) is 3.42. The summed E-state index contributed by atoms with van der Waals surface area (Å²) in [4.78, 5) is 10.9. The van der Waals surface area contributed by atoms with Gasteiger partial charge in [-0.3, -0.25) is 4.79 Å². The third-order valence-corrected chi connectivity index (χ3v) is 7.73. The number of rotatable bonds is 10. The third-order valence-electron chi connectivity index (χ3n) is 6.35. The second kappa shape index (κ2) is 10.0. The fraction of sp³-hybridized carbons (Fsp3) is 0.682. The molecule has 162 valence electrons. The zero-order valence-corrected chi connectivity index (χ0v) is 18.1. The summed E-state index contributed by atoms with van der Waals surface area (Å²) in [7, 11) is -3.50. The summed E-state index contributed by atoms with van der Waals surface area (Å²) in [6.07, 6.45) is 8.64. The highest BCUT2D eigenvalue weighted by Crippen LogP contribution is 2.29. The van der Waals surface area contributed by atoms with Crippen molar-refractivity contribution in [3.8, 4) is 0 Å². The van der Waals surface area contributed by atoms with Gasteiger partial charge in [0.1, 0.15) is 0 Å². The summed E-state index contributed by atoms with van der Waals surface area (Å²) in [6, 6.07) is 7.79. The van der Waals surface area contributed by atoms with Crippen LogP contribution in [0.3, 0.4) is 0 Å². The van der Waals surface area contributed by atoms with Crippen LogP contribution in [-0.4, -0.2) is 31.6 Å². The lowest BCUT2D eigenvalue weighted by Crippen LogP contribution is -2.47. The molecule has 29 heavy (non-hydrogen) atoms. The smallest absolute Gasteiger partial charge is 0.306 e. The van der Waals surface area contributed by atoms with Crippen molar-refractivity contribution in [3.63, 3.8) is 0 Å². The molecule has 0 saturated heterocycles. The van der Waals surface area contributed by atoms with E-state index in [1.54, 1.807) is 0 Å². The molecule has 6 nitrogen and oxygen atoms in total. The summed E-state index contributed by atoms with van der Waals surface area (Å²) < 4.78 is 27.8. The maximum absolute atomic E-state index is 12.6. The molecule has 1 unspecified atom stereocenters. The molecular formula is C22H34N2O4S. The zero-order chi connectivity index (χ0) is 20.9. The quantitative estimate of drug-likeness (QED) is 0.537. The fourth-order valence-electron chi connectivity index (χ4n) is 4.58. The third kappa shape index (κ3) is 6.79. The maximum atomic E-state index is 12.6. The lowest BCUT2D eigenvalue weighted by Gasteiger charge is -2.32. The number of hydrogen-bond acceptors (Lipinski definition) is 4. The minimum absolute atomic E-state index is 0.0733. The molecule has 0 amide bonds. The largest absolute Gasteiger partial charge is 0.481 e. The van der Waals surface area contributed by atoms with Gasteiger partial charge in [-0.2, -0.15) is 0 Å². The molecular weight excluding hydrogens is 388 g/mol. The number of carbonyl (C=O) groups is 1. The second-order valence-electron chi connectivity index (χ2n) is 8.87. The normalized spacial score (nSPS) is 24.0. The van der Waals surface area contributed by atoms with Crippen molar-refractivity contribution in [2.24, 2.45) is 11.8 Å². The van der Waals surface area contributed by atoms with Crippen LogP contribution >= 0.6 is 0 Å². The highest BCUT2D eigenvalue weighted by Gasteiger charge is 2.36. The van der Waals surface area contributed by atoms with E-state index in [1.807, 2.05) is 24.3 Å². The first-order valence-corrected chi connectivity index (χ1v) is 12.5. The number of benzene rings is 1. The molecule has 7 heteroatoms. The first-order chi connectivity index (χ1) is 13.8. The van der Waals surface area contributed by atoms with Gasteiger partial charge in [0, 0.05) is 18.6 Å². The Bertz CT molecular complexity index is 784. The molecule has 0 aliphatic heterocycles. The van der Waals surface area contributed by atoms with E-state index in [-0.39, 0.29) is 11.8 Å². The van der Waals surface area contributed by atoms with Gasteiger partial charge < -0.3 is 10.4 Å². The predicted molar refractivity (Wildman–Crippen MR) is 114 cm³/mol. The molecule has 0 radical (unpaired) electrons. The van der Waals surface area contributed by atoms with E-state index in [2.05, 4.69) is 17.0 Å². The van der Waals surface area contributed by atoms with Crippen LogP contribution in [0, 0.1) is 11.8 Å². The van der Waals surface area contributed by atoms with E-state index in [0.717, 1.165) is 17.0 Å². The number of nitrogens with one attached hydrogen (secondary N) is 2. The van der Waals surface area contributed by atoms with Crippen molar-refractivity contribution in [2.45, 2.75) is 82.7 Å². The summed E-state index contributed by atoms with van der Waals surface area (Å²) in [5, 5.41) is 12.5. The Kier molecular flexibility index (Phi) is 7.71. The highest BCUT2D eigenvalue weighted by atomic mass is 32.2. The molecule has 1 aromatic rings. The van der Waals surface area contributed by atoms with Crippen molar-refractivity contribution in [2.75, 3.05) is 0 Å². The van der Waals surface area contributed by atoms with E-state index in [4.69, 9.17) is 5.11 Å². The van der Waals surface area contributed by atoms with Crippen molar-refractivity contribution < 1.29 is 18.3 Å². The lowest BCUT2D eigenvalue weighted by atomic mass is 9.81. The van der Waals surface area contributed by atoms with Gasteiger partial charge in [-0.05, 0) is 43.2 Å². The first kappa shape index (κ1) is 22.2. The Balaban J connectivity index is 1.51. The lowest BCUT2D eigenvalue weighted by molar-refractivity contribution is -0.145. The molecule has 2 saturated carbocycles. The molecule has 1 atom stereocenters. The molecule has 0 spiro atoms. The Morgan fingerprint density at radius 3 is 2.45 bits per heavy atom. The molecule has 2 fully saturated rings. The monoisotopic (exact) mass is 422 g/mol. The molecule has 0 aromatic heterocycles. The first-order valence-electron chi connectivity index (χ1n) is 10.9. The summed E-state index contributed by atoms with van der Waals surface area (Å²) in [5.41, 5.74) is 1.80. The van der Waals surface area contributed by atoms with Gasteiger partial charge in [-0.25, -0.2) is 13.1 Å². The summed E-state index contributed by atoms with van der Waals surface area (Å²) in [6.45, 7) is 2.87. The van der Waals surface area contributed by atoms with Crippen molar-refractivity contribution in [1.82, 2.24) is 10.0 Å². The molecule has 3 N–H and O–H groups in total. The highest BCUT2D eigenvalue weighted by molar-refractivity contribution is 7.88. The van der Waals surface area contributed by atoms with Gasteiger partial charge in [0.2, 0.25) is 10.0 Å². The standard InChI is InChI=1S/C22H34N2O4S/c1-16(11-17-7-3-2-4-8-17)23-14-18-9-5-6-10-19(18)15-29(27,28)24-21-12-20(13-21)22(25)26/h5-6,9-10,16-17,20-21,23-24H,2-4,7-8,11-15H2,1H3,(H,25,26)/t16?,20-,21-. The number of carboxylic acids is 1. The van der Waals surface area contributed by atoms with E-state index in [9.17, 15) is 13.2 Å². The Labute approximate surface area is 174 Å². The van der Waals surface area contributed by atoms with E-state index >= 15 is 0 Å².